The summed E-state index contributed by atoms with van der Waals surface area (Å²) in [4.78, 5) is 4.43. The Morgan fingerprint density at radius 2 is 2.05 bits per heavy atom. The molecule has 1 heterocycles. The molecule has 0 saturated carbocycles. The second kappa shape index (κ2) is 7.71. The van der Waals surface area contributed by atoms with Gasteiger partial charge in [0, 0.05) is 44.2 Å². The van der Waals surface area contributed by atoms with Crippen LogP contribution in [0.4, 0.5) is 0 Å². The highest BCUT2D eigenvalue weighted by Gasteiger charge is 2.04. The van der Waals surface area contributed by atoms with Crippen LogP contribution >= 0.6 is 0 Å². The Labute approximate surface area is 114 Å². The minimum Gasteiger partial charge on any atom is -0.380 e. The molecular weight excluding hydrogens is 238 g/mol. The van der Waals surface area contributed by atoms with Crippen LogP contribution in [0.2, 0.25) is 0 Å². The third-order valence-electron chi connectivity index (χ3n) is 2.90. The van der Waals surface area contributed by atoms with Crippen LogP contribution < -0.4 is 5.32 Å². The fourth-order valence-corrected chi connectivity index (χ4v) is 1.95. The number of nitrogens with one attached hydrogen (secondary N) is 1. The molecule has 0 radical (unpaired) electrons. The summed E-state index contributed by atoms with van der Waals surface area (Å²) in [6.45, 7) is 6.29. The number of hydrogen-bond acceptors (Lipinski definition) is 3. The van der Waals surface area contributed by atoms with Gasteiger partial charge in [0.1, 0.15) is 5.82 Å². The van der Waals surface area contributed by atoms with Crippen LogP contribution in [0.15, 0.2) is 42.7 Å². The van der Waals surface area contributed by atoms with Crippen molar-refractivity contribution in [2.45, 2.75) is 13.5 Å². The van der Waals surface area contributed by atoms with Gasteiger partial charge in [-0.1, -0.05) is 30.3 Å². The second-order valence-corrected chi connectivity index (χ2v) is 4.26. The predicted octanol–water partition coefficient (Wildman–Crippen LogP) is 2.18. The molecule has 0 aliphatic heterocycles. The molecule has 0 spiro atoms. The Balaban J connectivity index is 1.83. The van der Waals surface area contributed by atoms with Crippen molar-refractivity contribution in [2.24, 2.45) is 0 Å². The Morgan fingerprint density at radius 3 is 2.84 bits per heavy atom. The first kappa shape index (κ1) is 13.8. The molecule has 0 aliphatic carbocycles. The number of nitrogens with zero attached hydrogens (tertiary/aromatic N) is 2. The second-order valence-electron chi connectivity index (χ2n) is 4.26. The highest BCUT2D eigenvalue weighted by Crippen LogP contribution is 2.16. The molecule has 0 fully saturated rings. The molecule has 0 bridgehead atoms. The molecule has 2 aromatic rings. The smallest absolute Gasteiger partial charge is 0.139 e. The minimum atomic E-state index is 0.770. The molecule has 0 unspecified atom stereocenters. The van der Waals surface area contributed by atoms with Crippen molar-refractivity contribution < 1.29 is 4.74 Å². The van der Waals surface area contributed by atoms with Gasteiger partial charge in [0.15, 0.2) is 0 Å². The lowest BCUT2D eigenvalue weighted by atomic mass is 10.2. The lowest BCUT2D eigenvalue weighted by molar-refractivity contribution is 0.149. The van der Waals surface area contributed by atoms with E-state index < -0.39 is 0 Å². The molecule has 4 nitrogen and oxygen atoms in total. The summed E-state index contributed by atoms with van der Waals surface area (Å²) < 4.78 is 7.45. The maximum absolute atomic E-state index is 5.28. The molecule has 1 aromatic heterocycles. The highest BCUT2D eigenvalue weighted by atomic mass is 16.5. The van der Waals surface area contributed by atoms with Crippen molar-refractivity contribution in [3.63, 3.8) is 0 Å². The van der Waals surface area contributed by atoms with E-state index in [9.17, 15) is 0 Å². The molecule has 102 valence electrons. The van der Waals surface area contributed by atoms with Crippen molar-refractivity contribution in [3.8, 4) is 11.4 Å². The van der Waals surface area contributed by atoms with Crippen molar-refractivity contribution in [3.05, 3.63) is 42.7 Å². The average molecular weight is 259 g/mol. The fourth-order valence-electron chi connectivity index (χ4n) is 1.95. The van der Waals surface area contributed by atoms with Crippen LogP contribution in [0.25, 0.3) is 11.4 Å². The van der Waals surface area contributed by atoms with Gasteiger partial charge in [0.05, 0.1) is 6.61 Å². The predicted molar refractivity (Wildman–Crippen MR) is 77.0 cm³/mol. The number of rotatable bonds is 8. The van der Waals surface area contributed by atoms with Crippen LogP contribution in [0.5, 0.6) is 0 Å². The first-order valence-corrected chi connectivity index (χ1v) is 6.77. The minimum absolute atomic E-state index is 0.770. The molecule has 2 rings (SSSR count). The van der Waals surface area contributed by atoms with Gasteiger partial charge in [-0.2, -0.15) is 0 Å². The van der Waals surface area contributed by atoms with Crippen molar-refractivity contribution in [2.75, 3.05) is 26.3 Å². The topological polar surface area (TPSA) is 39.1 Å². The third kappa shape index (κ3) is 4.19. The lowest BCUT2D eigenvalue weighted by Crippen LogP contribution is -2.24. The lowest BCUT2D eigenvalue weighted by Gasteiger charge is -2.09. The largest absolute Gasteiger partial charge is 0.380 e. The maximum atomic E-state index is 5.28. The van der Waals surface area contributed by atoms with E-state index in [1.807, 2.05) is 37.5 Å². The number of imidazole rings is 1. The first-order chi connectivity index (χ1) is 9.42. The molecule has 0 amide bonds. The normalized spacial score (nSPS) is 10.8. The number of hydrogen-bond donors (Lipinski definition) is 1. The summed E-state index contributed by atoms with van der Waals surface area (Å²) in [5.74, 6) is 1.02. The summed E-state index contributed by atoms with van der Waals surface area (Å²) in [5.41, 5.74) is 1.15. The molecule has 0 saturated heterocycles. The van der Waals surface area contributed by atoms with Gasteiger partial charge in [-0.3, -0.25) is 0 Å². The van der Waals surface area contributed by atoms with E-state index in [1.54, 1.807) is 0 Å². The van der Waals surface area contributed by atoms with E-state index >= 15 is 0 Å². The van der Waals surface area contributed by atoms with Crippen LogP contribution in [0.3, 0.4) is 0 Å². The molecule has 1 N–H and O–H groups in total. The third-order valence-corrected chi connectivity index (χ3v) is 2.90. The van der Waals surface area contributed by atoms with Crippen LogP contribution in [-0.4, -0.2) is 35.9 Å². The van der Waals surface area contributed by atoms with E-state index in [0.717, 1.165) is 44.2 Å². The molecular formula is C15H21N3O. The van der Waals surface area contributed by atoms with E-state index in [4.69, 9.17) is 4.74 Å². The van der Waals surface area contributed by atoms with E-state index in [1.165, 1.54) is 0 Å². The molecule has 0 aliphatic rings. The van der Waals surface area contributed by atoms with Crippen LogP contribution in [-0.2, 0) is 11.3 Å². The SMILES string of the molecule is CCOCCNCCn1ccnc1-c1ccccc1. The van der Waals surface area contributed by atoms with Crippen LogP contribution in [0.1, 0.15) is 6.92 Å². The maximum Gasteiger partial charge on any atom is 0.139 e. The van der Waals surface area contributed by atoms with Gasteiger partial charge in [0.2, 0.25) is 0 Å². The van der Waals surface area contributed by atoms with Gasteiger partial charge < -0.3 is 14.6 Å². The molecule has 1 aromatic carbocycles. The monoisotopic (exact) mass is 259 g/mol. The van der Waals surface area contributed by atoms with Gasteiger partial charge in [-0.15, -0.1) is 0 Å². The zero-order chi connectivity index (χ0) is 13.3. The quantitative estimate of drug-likeness (QED) is 0.739. The van der Waals surface area contributed by atoms with E-state index in [-0.39, 0.29) is 0 Å². The summed E-state index contributed by atoms with van der Waals surface area (Å²) in [7, 11) is 0. The summed E-state index contributed by atoms with van der Waals surface area (Å²) >= 11 is 0. The van der Waals surface area contributed by atoms with E-state index in [0.29, 0.717) is 0 Å². The van der Waals surface area contributed by atoms with Gasteiger partial charge in [-0.25, -0.2) is 4.98 Å². The fraction of sp³-hybridized carbons (Fsp3) is 0.400. The highest BCUT2D eigenvalue weighted by molar-refractivity contribution is 5.55. The Hall–Kier alpha value is -1.65. The Bertz CT molecular complexity index is 467. The van der Waals surface area contributed by atoms with Crippen LogP contribution in [0, 0.1) is 0 Å². The molecule has 19 heavy (non-hydrogen) atoms. The van der Waals surface area contributed by atoms with Crippen molar-refractivity contribution >= 4 is 0 Å². The van der Waals surface area contributed by atoms with Crippen molar-refractivity contribution in [1.82, 2.24) is 14.9 Å². The average Bonchev–Trinajstić information content (AvgIpc) is 2.92. The van der Waals surface area contributed by atoms with Gasteiger partial charge in [0.25, 0.3) is 0 Å². The van der Waals surface area contributed by atoms with E-state index in [2.05, 4.69) is 27.0 Å². The summed E-state index contributed by atoms with van der Waals surface area (Å²) in [5, 5.41) is 3.36. The van der Waals surface area contributed by atoms with Gasteiger partial charge >= 0.3 is 0 Å². The molecule has 4 heteroatoms. The van der Waals surface area contributed by atoms with Crippen molar-refractivity contribution in [1.29, 1.82) is 0 Å². The zero-order valence-electron chi connectivity index (χ0n) is 11.4. The standard InChI is InChI=1S/C15H21N3O/c1-2-19-13-10-16-8-11-18-12-9-17-15(18)14-6-4-3-5-7-14/h3-7,9,12,16H,2,8,10-11,13H2,1H3. The molecule has 0 atom stereocenters. The Morgan fingerprint density at radius 1 is 1.21 bits per heavy atom. The first-order valence-electron chi connectivity index (χ1n) is 6.77. The number of aromatic nitrogens is 2. The van der Waals surface area contributed by atoms with Gasteiger partial charge in [-0.05, 0) is 6.92 Å². The number of benzene rings is 1. The zero-order valence-corrected chi connectivity index (χ0v) is 11.4. The number of ether oxygens (including phenoxy) is 1. The Kier molecular flexibility index (Phi) is 5.59. The summed E-state index contributed by atoms with van der Waals surface area (Å²) in [6, 6.07) is 10.3. The summed E-state index contributed by atoms with van der Waals surface area (Å²) in [6.07, 6.45) is 3.87.